The molecule has 4 aromatic rings. The van der Waals surface area contributed by atoms with Crippen LogP contribution in [0.3, 0.4) is 0 Å². The quantitative estimate of drug-likeness (QED) is 0.552. The van der Waals surface area contributed by atoms with Crippen LogP contribution in [0.15, 0.2) is 71.5 Å². The van der Waals surface area contributed by atoms with Crippen LogP contribution in [0.2, 0.25) is 0 Å². The van der Waals surface area contributed by atoms with Crippen molar-refractivity contribution >= 4 is 22.5 Å². The zero-order valence-electron chi connectivity index (χ0n) is 17.3. The fraction of sp³-hybridized carbons (Fsp3) is 0.160. The van der Waals surface area contributed by atoms with Crippen LogP contribution in [0, 0.1) is 20.8 Å². The number of amides is 1. The summed E-state index contributed by atoms with van der Waals surface area (Å²) in [5.41, 5.74) is 5.03. The summed E-state index contributed by atoms with van der Waals surface area (Å²) in [5, 5.41) is 3.56. The lowest BCUT2D eigenvalue weighted by molar-refractivity contribution is -0.115. The largest absolute Gasteiger partial charge is 0.326 e. The van der Waals surface area contributed by atoms with E-state index in [2.05, 4.69) is 10.3 Å². The molecule has 0 saturated heterocycles. The van der Waals surface area contributed by atoms with E-state index in [4.69, 9.17) is 0 Å². The molecule has 0 radical (unpaired) electrons. The van der Waals surface area contributed by atoms with Crippen LogP contribution in [0.5, 0.6) is 0 Å². The summed E-state index contributed by atoms with van der Waals surface area (Å²) in [6, 6.07) is 20.8. The Kier molecular flexibility index (Phi) is 5.19. The van der Waals surface area contributed by atoms with Crippen molar-refractivity contribution in [3.8, 4) is 5.69 Å². The molecule has 5 heteroatoms. The van der Waals surface area contributed by atoms with Crippen LogP contribution in [0.1, 0.15) is 22.5 Å². The fourth-order valence-electron chi connectivity index (χ4n) is 3.65. The van der Waals surface area contributed by atoms with E-state index in [1.54, 1.807) is 10.6 Å². The number of aryl methyl sites for hydroxylation is 3. The first-order valence-corrected chi connectivity index (χ1v) is 9.88. The van der Waals surface area contributed by atoms with Gasteiger partial charge in [-0.3, -0.25) is 14.2 Å². The number of benzene rings is 3. The van der Waals surface area contributed by atoms with Crippen LogP contribution >= 0.6 is 0 Å². The maximum absolute atomic E-state index is 13.0. The molecule has 0 fully saturated rings. The first-order valence-electron chi connectivity index (χ1n) is 9.88. The van der Waals surface area contributed by atoms with Crippen molar-refractivity contribution in [2.45, 2.75) is 27.2 Å². The van der Waals surface area contributed by atoms with Gasteiger partial charge in [0, 0.05) is 5.69 Å². The Balaban J connectivity index is 1.63. The molecule has 0 aliphatic rings. The third kappa shape index (κ3) is 3.74. The molecule has 0 saturated carbocycles. The Bertz CT molecular complexity index is 1320. The van der Waals surface area contributed by atoms with E-state index in [9.17, 15) is 9.59 Å². The molecular formula is C25H23N3O2. The molecule has 3 aromatic carbocycles. The van der Waals surface area contributed by atoms with Crippen molar-refractivity contribution in [1.82, 2.24) is 9.55 Å². The molecule has 1 amide bonds. The zero-order chi connectivity index (χ0) is 21.3. The molecule has 0 aliphatic carbocycles. The predicted octanol–water partition coefficient (Wildman–Crippen LogP) is 4.49. The lowest BCUT2D eigenvalue weighted by atomic mass is 10.1. The highest BCUT2D eigenvalue weighted by molar-refractivity contribution is 5.93. The van der Waals surface area contributed by atoms with Gasteiger partial charge in [-0.1, -0.05) is 36.4 Å². The number of rotatable bonds is 4. The van der Waals surface area contributed by atoms with Gasteiger partial charge in [0.25, 0.3) is 5.56 Å². The minimum Gasteiger partial charge on any atom is -0.326 e. The molecule has 0 aliphatic heterocycles. The van der Waals surface area contributed by atoms with Crippen molar-refractivity contribution in [3.05, 3.63) is 99.6 Å². The van der Waals surface area contributed by atoms with Crippen LogP contribution in [0.4, 0.5) is 5.69 Å². The number of fused-ring (bicyclic) bond motifs is 1. The highest BCUT2D eigenvalue weighted by atomic mass is 16.1. The number of carbonyl (C=O) groups is 1. The van der Waals surface area contributed by atoms with Gasteiger partial charge in [0.15, 0.2) is 0 Å². The lowest BCUT2D eigenvalue weighted by Gasteiger charge is -2.14. The predicted molar refractivity (Wildman–Crippen MR) is 120 cm³/mol. The summed E-state index contributed by atoms with van der Waals surface area (Å²) < 4.78 is 1.61. The standard InChI is InChI=1S/C25H23N3O2/c1-16-8-4-5-9-19(16)15-24(29)27-22-13-12-20(14-17(22)2)28-18(3)26-23-11-7-6-10-21(23)25(28)30/h4-14H,15H2,1-3H3,(H,27,29). The summed E-state index contributed by atoms with van der Waals surface area (Å²) in [4.78, 5) is 30.1. The second-order valence-electron chi connectivity index (χ2n) is 7.47. The maximum atomic E-state index is 13.0. The normalized spacial score (nSPS) is 10.9. The van der Waals surface area contributed by atoms with Crippen LogP contribution in [-0.4, -0.2) is 15.5 Å². The smallest absolute Gasteiger partial charge is 0.265 e. The van der Waals surface area contributed by atoms with Gasteiger partial charge in [-0.05, 0) is 67.8 Å². The van der Waals surface area contributed by atoms with Crippen LogP contribution in [-0.2, 0) is 11.2 Å². The highest BCUT2D eigenvalue weighted by Crippen LogP contribution is 2.20. The van der Waals surface area contributed by atoms with E-state index in [-0.39, 0.29) is 11.5 Å². The first kappa shape index (κ1) is 19.6. The Labute approximate surface area is 175 Å². The van der Waals surface area contributed by atoms with Gasteiger partial charge >= 0.3 is 0 Å². The van der Waals surface area contributed by atoms with Crippen LogP contribution < -0.4 is 10.9 Å². The van der Waals surface area contributed by atoms with E-state index in [0.29, 0.717) is 23.1 Å². The van der Waals surface area contributed by atoms with E-state index in [0.717, 1.165) is 28.1 Å². The van der Waals surface area contributed by atoms with Crippen molar-refractivity contribution in [3.63, 3.8) is 0 Å². The van der Waals surface area contributed by atoms with Crippen molar-refractivity contribution in [2.24, 2.45) is 0 Å². The molecule has 4 rings (SSSR count). The molecule has 30 heavy (non-hydrogen) atoms. The minimum absolute atomic E-state index is 0.0686. The summed E-state index contributed by atoms with van der Waals surface area (Å²) in [6.07, 6.45) is 0.320. The minimum atomic E-state index is -0.103. The fourth-order valence-corrected chi connectivity index (χ4v) is 3.65. The van der Waals surface area contributed by atoms with Crippen LogP contribution in [0.25, 0.3) is 16.6 Å². The van der Waals surface area contributed by atoms with Gasteiger partial charge in [-0.2, -0.15) is 0 Å². The molecule has 0 spiro atoms. The molecule has 5 nitrogen and oxygen atoms in total. The van der Waals surface area contributed by atoms with Gasteiger partial charge in [0.2, 0.25) is 5.91 Å². The summed E-state index contributed by atoms with van der Waals surface area (Å²) in [7, 11) is 0. The number of carbonyl (C=O) groups excluding carboxylic acids is 1. The Morgan fingerprint density at radius 1 is 0.933 bits per heavy atom. The Morgan fingerprint density at radius 3 is 2.43 bits per heavy atom. The van der Waals surface area contributed by atoms with E-state index >= 15 is 0 Å². The monoisotopic (exact) mass is 397 g/mol. The third-order valence-corrected chi connectivity index (χ3v) is 5.30. The average molecular weight is 397 g/mol. The van der Waals surface area contributed by atoms with Gasteiger partial charge in [-0.15, -0.1) is 0 Å². The molecular weight excluding hydrogens is 374 g/mol. The number of hydrogen-bond donors (Lipinski definition) is 1. The summed E-state index contributed by atoms with van der Waals surface area (Å²) >= 11 is 0. The van der Waals surface area contributed by atoms with Crippen molar-refractivity contribution in [2.75, 3.05) is 5.32 Å². The third-order valence-electron chi connectivity index (χ3n) is 5.30. The summed E-state index contributed by atoms with van der Waals surface area (Å²) in [6.45, 7) is 5.74. The molecule has 150 valence electrons. The second-order valence-corrected chi connectivity index (χ2v) is 7.47. The van der Waals surface area contributed by atoms with Gasteiger partial charge in [-0.25, -0.2) is 4.98 Å². The van der Waals surface area contributed by atoms with Crippen molar-refractivity contribution in [1.29, 1.82) is 0 Å². The van der Waals surface area contributed by atoms with E-state index in [1.807, 2.05) is 81.4 Å². The number of nitrogens with zero attached hydrogens (tertiary/aromatic N) is 2. The van der Waals surface area contributed by atoms with Gasteiger partial charge < -0.3 is 5.32 Å². The van der Waals surface area contributed by atoms with Gasteiger partial charge in [0.1, 0.15) is 5.82 Å². The molecule has 0 atom stereocenters. The number of anilines is 1. The lowest BCUT2D eigenvalue weighted by Crippen LogP contribution is -2.22. The maximum Gasteiger partial charge on any atom is 0.265 e. The number of aromatic nitrogens is 2. The highest BCUT2D eigenvalue weighted by Gasteiger charge is 2.12. The number of hydrogen-bond acceptors (Lipinski definition) is 3. The van der Waals surface area contributed by atoms with E-state index in [1.165, 1.54) is 0 Å². The SMILES string of the molecule is Cc1ccccc1CC(=O)Nc1ccc(-n2c(C)nc3ccccc3c2=O)cc1C. The summed E-state index contributed by atoms with van der Waals surface area (Å²) in [5.74, 6) is 0.551. The number of para-hydroxylation sites is 1. The molecule has 0 bridgehead atoms. The van der Waals surface area contributed by atoms with E-state index < -0.39 is 0 Å². The van der Waals surface area contributed by atoms with Gasteiger partial charge in [0.05, 0.1) is 23.0 Å². The zero-order valence-corrected chi connectivity index (χ0v) is 17.3. The van der Waals surface area contributed by atoms with Crippen molar-refractivity contribution < 1.29 is 4.79 Å². The molecule has 0 unspecified atom stereocenters. The average Bonchev–Trinajstić information content (AvgIpc) is 2.72. The molecule has 1 aromatic heterocycles. The topological polar surface area (TPSA) is 64.0 Å². The number of nitrogens with one attached hydrogen (secondary N) is 1. The first-order chi connectivity index (χ1) is 14.4. The molecule has 1 heterocycles. The second kappa shape index (κ2) is 7.95. The Hall–Kier alpha value is -3.73. The Morgan fingerprint density at radius 2 is 1.67 bits per heavy atom. The molecule has 1 N–H and O–H groups in total.